The van der Waals surface area contributed by atoms with Gasteiger partial charge in [0.1, 0.15) is 0 Å². The third kappa shape index (κ3) is 3.10. The molecule has 15 rings (SSSR count). The van der Waals surface area contributed by atoms with E-state index in [-0.39, 0.29) is 13.4 Å². The summed E-state index contributed by atoms with van der Waals surface area (Å²) in [7, 11) is 0. The molecule has 3 aromatic heterocycles. The molecule has 252 valence electrons. The van der Waals surface area contributed by atoms with Crippen molar-refractivity contribution in [2.24, 2.45) is 0 Å². The normalized spacial score (nSPS) is 13.6. The first-order valence-corrected chi connectivity index (χ1v) is 19.8. The second-order valence-electron chi connectivity index (χ2n) is 16.3. The van der Waals surface area contributed by atoms with Crippen molar-refractivity contribution in [3.63, 3.8) is 0 Å². The Kier molecular flexibility index (Phi) is 4.87. The molecule has 5 heterocycles. The number of fused-ring (bicyclic) bond motifs is 16. The van der Waals surface area contributed by atoms with E-state index < -0.39 is 0 Å². The summed E-state index contributed by atoms with van der Waals surface area (Å²) < 4.78 is 5.16. The smallest absolute Gasteiger partial charge is 0.241 e. The molecule has 0 aliphatic carbocycles. The molecule has 4 heteroatoms. The van der Waals surface area contributed by atoms with E-state index in [2.05, 4.69) is 179 Å². The van der Waals surface area contributed by atoms with Gasteiger partial charge in [-0.15, -0.1) is 0 Å². The van der Waals surface area contributed by atoms with Crippen molar-refractivity contribution < 1.29 is 0 Å². The minimum absolute atomic E-state index is 0.129. The summed E-state index contributed by atoms with van der Waals surface area (Å²) in [5.74, 6) is 0. The van der Waals surface area contributed by atoms with E-state index in [0.29, 0.717) is 0 Å². The first-order valence-electron chi connectivity index (χ1n) is 19.8. The molecule has 0 unspecified atom stereocenters. The van der Waals surface area contributed by atoms with E-state index in [1.165, 1.54) is 131 Å². The Morgan fingerprint density at radius 2 is 0.929 bits per heavy atom. The standard InChI is InChI=1S/C52H28B2N2/c1-2-11-31(12-3-1)53-41-18-10-16-35-32-13-4-7-17-40(32)54(48(35)41)42-27-29-22-24-39-47-30(21-23-38(46(29)47)49(42)53)28-45-50(39)56-44-20-9-6-15-34(44)37-26-25-36-33-14-5-8-19-43(33)55(45)51(36)52(37)56/h1-28H. The summed E-state index contributed by atoms with van der Waals surface area (Å²) in [6, 6.07) is 64.9. The maximum Gasteiger partial charge on any atom is 0.241 e. The van der Waals surface area contributed by atoms with Crippen LogP contribution in [0.15, 0.2) is 170 Å². The van der Waals surface area contributed by atoms with E-state index in [0.717, 1.165) is 0 Å². The van der Waals surface area contributed by atoms with Crippen LogP contribution in [0, 0.1) is 0 Å². The zero-order chi connectivity index (χ0) is 36.0. The summed E-state index contributed by atoms with van der Waals surface area (Å²) in [4.78, 5) is 0. The predicted molar refractivity (Wildman–Crippen MR) is 241 cm³/mol. The monoisotopic (exact) mass is 702 g/mol. The summed E-state index contributed by atoms with van der Waals surface area (Å²) in [5.41, 5.74) is 19.0. The quantitative estimate of drug-likeness (QED) is 0.0923. The van der Waals surface area contributed by atoms with Crippen LogP contribution in [0.3, 0.4) is 0 Å². The van der Waals surface area contributed by atoms with Gasteiger partial charge >= 0.3 is 0 Å². The van der Waals surface area contributed by atoms with Gasteiger partial charge in [0.05, 0.1) is 33.1 Å². The van der Waals surface area contributed by atoms with E-state index in [9.17, 15) is 0 Å². The van der Waals surface area contributed by atoms with Crippen LogP contribution in [0.4, 0.5) is 0 Å². The maximum atomic E-state index is 2.60. The lowest BCUT2D eigenvalue weighted by Crippen LogP contribution is -2.73. The van der Waals surface area contributed by atoms with Crippen LogP contribution in [0.5, 0.6) is 0 Å². The van der Waals surface area contributed by atoms with Crippen LogP contribution in [0.25, 0.3) is 98.1 Å². The second-order valence-corrected chi connectivity index (χ2v) is 16.3. The molecule has 0 saturated heterocycles. The van der Waals surface area contributed by atoms with Crippen molar-refractivity contribution in [2.75, 3.05) is 0 Å². The largest absolute Gasteiger partial charge is 0.305 e. The highest BCUT2D eigenvalue weighted by Crippen LogP contribution is 2.45. The zero-order valence-corrected chi connectivity index (χ0v) is 30.2. The molecule has 2 aliphatic heterocycles. The van der Waals surface area contributed by atoms with Gasteiger partial charge in [-0.05, 0) is 56.3 Å². The van der Waals surface area contributed by atoms with E-state index >= 15 is 0 Å². The average Bonchev–Trinajstić information content (AvgIpc) is 3.90. The number of aromatic nitrogens is 2. The molecule has 56 heavy (non-hydrogen) atoms. The van der Waals surface area contributed by atoms with Gasteiger partial charge in [-0.25, -0.2) is 0 Å². The Labute approximate surface area is 321 Å². The molecule has 0 bridgehead atoms. The number of hydrogen-bond acceptors (Lipinski definition) is 0. The molecule has 0 fully saturated rings. The number of benzene rings is 10. The van der Waals surface area contributed by atoms with Gasteiger partial charge < -0.3 is 8.80 Å². The molecule has 0 saturated carbocycles. The number of para-hydroxylation sites is 2. The van der Waals surface area contributed by atoms with Crippen LogP contribution in [-0.2, 0) is 0 Å². The van der Waals surface area contributed by atoms with Gasteiger partial charge in [0, 0.05) is 26.9 Å². The highest BCUT2D eigenvalue weighted by atomic mass is 15.0. The average molecular weight is 702 g/mol. The molecule has 2 nitrogen and oxygen atoms in total. The lowest BCUT2D eigenvalue weighted by Gasteiger charge is -2.32. The van der Waals surface area contributed by atoms with E-state index in [1.807, 2.05) is 0 Å². The van der Waals surface area contributed by atoms with Gasteiger partial charge in [0.2, 0.25) is 13.4 Å². The van der Waals surface area contributed by atoms with Crippen molar-refractivity contribution in [2.45, 2.75) is 0 Å². The fraction of sp³-hybridized carbons (Fsp3) is 0. The molecular weight excluding hydrogens is 674 g/mol. The third-order valence-electron chi connectivity index (χ3n) is 13.9. The second kappa shape index (κ2) is 9.60. The minimum atomic E-state index is 0.129. The first kappa shape index (κ1) is 28.4. The Bertz CT molecular complexity index is 3890. The first-order chi connectivity index (χ1) is 27.8. The molecular formula is C52H28B2N2. The Morgan fingerprint density at radius 1 is 0.321 bits per heavy atom. The topological polar surface area (TPSA) is 8.82 Å². The SMILES string of the molecule is c1ccc(B2c3cccc4c3B(c3ccccc3-4)c3cc4ccc5c6c(ccc(c32)c46)cc2c5n3c4ccccc4c4ccc5c6ccccc6n2c5c43)cc1. The molecule has 2 aliphatic rings. The van der Waals surface area contributed by atoms with Crippen LogP contribution in [0.2, 0.25) is 0 Å². The van der Waals surface area contributed by atoms with Gasteiger partial charge in [-0.3, -0.25) is 0 Å². The highest BCUT2D eigenvalue weighted by Gasteiger charge is 2.45. The van der Waals surface area contributed by atoms with Gasteiger partial charge in [-0.1, -0.05) is 184 Å². The van der Waals surface area contributed by atoms with E-state index in [4.69, 9.17) is 0 Å². The summed E-state index contributed by atoms with van der Waals surface area (Å²) in [5, 5.41) is 13.2. The van der Waals surface area contributed by atoms with Crippen molar-refractivity contribution in [1.29, 1.82) is 0 Å². The Hall–Kier alpha value is -7.03. The Balaban J connectivity index is 1.16. The van der Waals surface area contributed by atoms with E-state index in [1.54, 1.807) is 0 Å². The van der Waals surface area contributed by atoms with Crippen LogP contribution < -0.4 is 32.8 Å². The molecule has 0 radical (unpaired) electrons. The lowest BCUT2D eigenvalue weighted by molar-refractivity contribution is 1.27. The predicted octanol–water partition coefficient (Wildman–Crippen LogP) is 8.47. The molecule has 0 amide bonds. The third-order valence-corrected chi connectivity index (χ3v) is 13.9. The molecule has 0 spiro atoms. The number of nitrogens with zero attached hydrogens (tertiary/aromatic N) is 2. The zero-order valence-electron chi connectivity index (χ0n) is 30.2. The fourth-order valence-electron chi connectivity index (χ4n) is 11.9. The van der Waals surface area contributed by atoms with Crippen molar-refractivity contribution >= 4 is 133 Å². The summed E-state index contributed by atoms with van der Waals surface area (Å²) >= 11 is 0. The molecule has 0 N–H and O–H groups in total. The summed E-state index contributed by atoms with van der Waals surface area (Å²) in [6.45, 7) is 0.340. The highest BCUT2D eigenvalue weighted by molar-refractivity contribution is 7.13. The van der Waals surface area contributed by atoms with Crippen molar-refractivity contribution in [1.82, 2.24) is 8.80 Å². The number of rotatable bonds is 1. The lowest BCUT2D eigenvalue weighted by atomic mass is 9.21. The molecule has 10 aromatic carbocycles. The Morgan fingerprint density at radius 3 is 1.75 bits per heavy atom. The van der Waals surface area contributed by atoms with Crippen LogP contribution in [0.1, 0.15) is 0 Å². The van der Waals surface area contributed by atoms with Gasteiger partial charge in [-0.2, -0.15) is 0 Å². The van der Waals surface area contributed by atoms with Crippen molar-refractivity contribution in [3.8, 4) is 11.1 Å². The fourth-order valence-corrected chi connectivity index (χ4v) is 11.9. The van der Waals surface area contributed by atoms with Crippen LogP contribution >= 0.6 is 0 Å². The van der Waals surface area contributed by atoms with Crippen molar-refractivity contribution in [3.05, 3.63) is 170 Å². The van der Waals surface area contributed by atoms with Gasteiger partial charge in [0.25, 0.3) is 0 Å². The van der Waals surface area contributed by atoms with Crippen LogP contribution in [-0.4, -0.2) is 22.2 Å². The molecule has 13 aromatic rings. The maximum absolute atomic E-state index is 2.60. The minimum Gasteiger partial charge on any atom is -0.305 e. The van der Waals surface area contributed by atoms with Gasteiger partial charge in [0.15, 0.2) is 0 Å². The number of hydrogen-bond donors (Lipinski definition) is 0. The summed E-state index contributed by atoms with van der Waals surface area (Å²) in [6.07, 6.45) is 0. The molecule has 0 atom stereocenters.